The lowest BCUT2D eigenvalue weighted by molar-refractivity contribution is 0.0726. The highest BCUT2D eigenvalue weighted by Crippen LogP contribution is 2.48. The molecule has 2 aromatic heterocycles. The van der Waals surface area contributed by atoms with Crippen molar-refractivity contribution in [3.05, 3.63) is 53.0 Å². The van der Waals surface area contributed by atoms with E-state index in [-0.39, 0.29) is 16.6 Å². The molecular formula is C24H23N3O3S2. The maximum absolute atomic E-state index is 13.5. The van der Waals surface area contributed by atoms with Crippen LogP contribution in [-0.2, 0) is 15.3 Å². The van der Waals surface area contributed by atoms with Gasteiger partial charge in [0.15, 0.2) is 0 Å². The molecule has 1 saturated carbocycles. The molecule has 0 N–H and O–H groups in total. The second-order valence-electron chi connectivity index (χ2n) is 8.77. The van der Waals surface area contributed by atoms with E-state index in [2.05, 4.69) is 11.1 Å². The first kappa shape index (κ1) is 21.1. The van der Waals surface area contributed by atoms with Crippen LogP contribution in [-0.4, -0.2) is 48.8 Å². The number of amides is 1. The molecule has 3 heterocycles. The van der Waals surface area contributed by atoms with E-state index in [1.807, 2.05) is 35.7 Å². The van der Waals surface area contributed by atoms with Crippen LogP contribution in [0.4, 0.5) is 0 Å². The van der Waals surface area contributed by atoms with Crippen molar-refractivity contribution in [1.29, 1.82) is 5.26 Å². The molecule has 5 rings (SSSR count). The molecular weight excluding hydrogens is 442 g/mol. The number of aromatic nitrogens is 1. The number of carbonyl (C=O) groups excluding carboxylic acids is 1. The van der Waals surface area contributed by atoms with Crippen LogP contribution in [0.2, 0.25) is 0 Å². The van der Waals surface area contributed by atoms with Gasteiger partial charge in [0.1, 0.15) is 9.84 Å². The van der Waals surface area contributed by atoms with E-state index in [1.54, 1.807) is 22.4 Å². The summed E-state index contributed by atoms with van der Waals surface area (Å²) in [4.78, 5) is 19.7. The SMILES string of the molecule is CS(=O)(=O)C1CCN(C(=O)c2cnc3ccsc3c2-c2ccc(C3(C#N)CC3)cc2)CC1. The third-order valence-electron chi connectivity index (χ3n) is 6.73. The van der Waals surface area contributed by atoms with Gasteiger partial charge in [-0.15, -0.1) is 11.3 Å². The summed E-state index contributed by atoms with van der Waals surface area (Å²) in [6.45, 7) is 0.838. The van der Waals surface area contributed by atoms with Crippen molar-refractivity contribution < 1.29 is 13.2 Å². The molecule has 1 aliphatic carbocycles. The number of pyridine rings is 1. The zero-order chi connectivity index (χ0) is 22.5. The fourth-order valence-electron chi connectivity index (χ4n) is 4.56. The number of benzene rings is 1. The van der Waals surface area contributed by atoms with Gasteiger partial charge in [0, 0.05) is 31.1 Å². The van der Waals surface area contributed by atoms with Crippen LogP contribution in [0, 0.1) is 11.3 Å². The number of hydrogen-bond donors (Lipinski definition) is 0. The van der Waals surface area contributed by atoms with E-state index < -0.39 is 9.84 Å². The third-order valence-corrected chi connectivity index (χ3v) is 9.33. The molecule has 32 heavy (non-hydrogen) atoms. The summed E-state index contributed by atoms with van der Waals surface area (Å²) >= 11 is 1.55. The Kier molecular flexibility index (Phi) is 5.06. The number of sulfone groups is 1. The number of carbonyl (C=O) groups is 1. The van der Waals surface area contributed by atoms with Crippen molar-refractivity contribution in [3.8, 4) is 17.2 Å². The van der Waals surface area contributed by atoms with Gasteiger partial charge in [-0.1, -0.05) is 24.3 Å². The summed E-state index contributed by atoms with van der Waals surface area (Å²) in [5.41, 5.74) is 3.83. The highest BCUT2D eigenvalue weighted by atomic mass is 32.2. The molecule has 164 valence electrons. The fraction of sp³-hybridized carbons (Fsp3) is 0.375. The zero-order valence-corrected chi connectivity index (χ0v) is 19.4. The normalized spacial score (nSPS) is 18.4. The molecule has 0 bridgehead atoms. The Morgan fingerprint density at radius 2 is 1.88 bits per heavy atom. The van der Waals surface area contributed by atoms with Gasteiger partial charge in [-0.05, 0) is 48.3 Å². The van der Waals surface area contributed by atoms with Crippen molar-refractivity contribution >= 4 is 37.3 Å². The quantitative estimate of drug-likeness (QED) is 0.577. The number of nitrogens with zero attached hydrogens (tertiary/aromatic N) is 3. The van der Waals surface area contributed by atoms with Crippen molar-refractivity contribution in [3.63, 3.8) is 0 Å². The largest absolute Gasteiger partial charge is 0.338 e. The molecule has 6 nitrogen and oxygen atoms in total. The van der Waals surface area contributed by atoms with Crippen molar-refractivity contribution in [2.75, 3.05) is 19.3 Å². The molecule has 8 heteroatoms. The van der Waals surface area contributed by atoms with E-state index in [0.29, 0.717) is 31.5 Å². The summed E-state index contributed by atoms with van der Waals surface area (Å²) in [6, 6.07) is 12.4. The fourth-order valence-corrected chi connectivity index (χ4v) is 6.55. The van der Waals surface area contributed by atoms with Crippen LogP contribution in [0.1, 0.15) is 41.6 Å². The highest BCUT2D eigenvalue weighted by molar-refractivity contribution is 7.91. The number of rotatable bonds is 4. The zero-order valence-electron chi connectivity index (χ0n) is 17.7. The summed E-state index contributed by atoms with van der Waals surface area (Å²) in [5, 5.41) is 11.1. The van der Waals surface area contributed by atoms with Crippen LogP contribution >= 0.6 is 11.3 Å². The molecule has 0 radical (unpaired) electrons. The Morgan fingerprint density at radius 1 is 1.19 bits per heavy atom. The van der Waals surface area contributed by atoms with E-state index in [0.717, 1.165) is 39.7 Å². The third kappa shape index (κ3) is 3.59. The average Bonchev–Trinajstić information content (AvgIpc) is 3.46. The molecule has 0 unspecified atom stereocenters. The van der Waals surface area contributed by atoms with Gasteiger partial charge in [0.05, 0.1) is 32.5 Å². The lowest BCUT2D eigenvalue weighted by Crippen LogP contribution is -2.42. The highest BCUT2D eigenvalue weighted by Gasteiger charge is 2.44. The van der Waals surface area contributed by atoms with E-state index in [1.165, 1.54) is 6.26 Å². The second-order valence-corrected chi connectivity index (χ2v) is 12.0. The minimum absolute atomic E-state index is 0.116. The standard InChI is InChI=1S/C24H23N3O3S2/c1-32(29,30)18-6-11-27(12-7-18)23(28)19-14-26-20-8-13-31-22(20)21(19)16-2-4-17(5-3-16)24(15-25)9-10-24/h2-5,8,13-14,18H,6-7,9-12H2,1H3. The molecule has 1 saturated heterocycles. The number of hydrogen-bond acceptors (Lipinski definition) is 6. The van der Waals surface area contributed by atoms with Crippen molar-refractivity contribution in [1.82, 2.24) is 9.88 Å². The molecule has 0 atom stereocenters. The van der Waals surface area contributed by atoms with Gasteiger partial charge in [0.25, 0.3) is 5.91 Å². The predicted octanol–water partition coefficient (Wildman–Crippen LogP) is 4.17. The topological polar surface area (TPSA) is 91.1 Å². The van der Waals surface area contributed by atoms with Crippen molar-refractivity contribution in [2.45, 2.75) is 36.3 Å². The Hall–Kier alpha value is -2.76. The molecule has 2 aliphatic rings. The van der Waals surface area contributed by atoms with Gasteiger partial charge < -0.3 is 4.90 Å². The number of nitriles is 1. The maximum Gasteiger partial charge on any atom is 0.256 e. The van der Waals surface area contributed by atoms with E-state index in [9.17, 15) is 18.5 Å². The minimum Gasteiger partial charge on any atom is -0.338 e. The summed E-state index contributed by atoms with van der Waals surface area (Å²) in [7, 11) is -3.10. The monoisotopic (exact) mass is 465 g/mol. The smallest absolute Gasteiger partial charge is 0.256 e. The van der Waals surface area contributed by atoms with Gasteiger partial charge >= 0.3 is 0 Å². The number of piperidine rings is 1. The first-order chi connectivity index (χ1) is 15.3. The molecule has 3 aromatic rings. The lowest BCUT2D eigenvalue weighted by atomic mass is 9.93. The van der Waals surface area contributed by atoms with Gasteiger partial charge in [-0.3, -0.25) is 9.78 Å². The van der Waals surface area contributed by atoms with Crippen LogP contribution in [0.5, 0.6) is 0 Å². The van der Waals surface area contributed by atoms with Crippen LogP contribution in [0.3, 0.4) is 0 Å². The molecule has 1 aromatic carbocycles. The predicted molar refractivity (Wildman–Crippen MR) is 125 cm³/mol. The van der Waals surface area contributed by atoms with Crippen LogP contribution in [0.15, 0.2) is 41.9 Å². The maximum atomic E-state index is 13.5. The lowest BCUT2D eigenvalue weighted by Gasteiger charge is -2.31. The van der Waals surface area contributed by atoms with Crippen LogP contribution < -0.4 is 0 Å². The number of likely N-dealkylation sites (tertiary alicyclic amines) is 1. The summed E-state index contributed by atoms with van der Waals surface area (Å²) in [6.07, 6.45) is 5.60. The second kappa shape index (κ2) is 7.68. The Morgan fingerprint density at radius 3 is 2.47 bits per heavy atom. The molecule has 2 fully saturated rings. The number of thiophene rings is 1. The Bertz CT molecular complexity index is 1340. The summed E-state index contributed by atoms with van der Waals surface area (Å²) < 4.78 is 24.7. The van der Waals surface area contributed by atoms with Crippen molar-refractivity contribution in [2.24, 2.45) is 0 Å². The van der Waals surface area contributed by atoms with Gasteiger partial charge in [-0.25, -0.2) is 8.42 Å². The number of fused-ring (bicyclic) bond motifs is 1. The molecule has 1 aliphatic heterocycles. The molecule has 0 spiro atoms. The minimum atomic E-state index is -3.10. The molecule has 1 amide bonds. The van der Waals surface area contributed by atoms with Gasteiger partial charge in [0.2, 0.25) is 0 Å². The first-order valence-electron chi connectivity index (χ1n) is 10.7. The first-order valence-corrected chi connectivity index (χ1v) is 13.5. The summed E-state index contributed by atoms with van der Waals surface area (Å²) in [5.74, 6) is -0.116. The van der Waals surface area contributed by atoms with E-state index >= 15 is 0 Å². The Balaban J connectivity index is 1.50. The Labute approximate surface area is 191 Å². The van der Waals surface area contributed by atoms with Gasteiger partial charge in [-0.2, -0.15) is 5.26 Å². The van der Waals surface area contributed by atoms with E-state index in [4.69, 9.17) is 0 Å². The van der Waals surface area contributed by atoms with Crippen LogP contribution in [0.25, 0.3) is 21.3 Å². The average molecular weight is 466 g/mol.